The number of rotatable bonds is 7. The fourth-order valence-corrected chi connectivity index (χ4v) is 21.1. The van der Waals surface area contributed by atoms with Crippen LogP contribution in [0.1, 0.15) is 29.2 Å². The molecule has 2 aliphatic heterocycles. The molecule has 324 valence electrons. The van der Waals surface area contributed by atoms with Crippen LogP contribution < -0.4 is 36.0 Å². The van der Waals surface area contributed by atoms with E-state index in [1.807, 2.05) is 0 Å². The Balaban J connectivity index is 1.08. The number of anilines is 3. The monoisotopic (exact) mass is 901 g/mol. The Bertz CT molecular complexity index is 3630. The molecule has 0 fully saturated rings. The molecule has 3 aliphatic rings. The maximum Gasteiger partial charge on any atom is 0.180 e. The smallest absolute Gasteiger partial charge is 0.180 e. The molecule has 0 radical (unpaired) electrons. The second kappa shape index (κ2) is 15.2. The highest BCUT2D eigenvalue weighted by Gasteiger charge is 2.49. The van der Waals surface area contributed by atoms with E-state index in [2.05, 4.69) is 268 Å². The number of hydrogen-bond donors (Lipinski definition) is 0. The van der Waals surface area contributed by atoms with Gasteiger partial charge in [0.1, 0.15) is 8.07 Å². The van der Waals surface area contributed by atoms with Crippen LogP contribution in [0.3, 0.4) is 0 Å². The molecule has 13 rings (SSSR count). The Labute approximate surface area is 402 Å². The number of hydrogen-bond acceptors (Lipinski definition) is 1. The van der Waals surface area contributed by atoms with Crippen LogP contribution in [-0.2, 0) is 5.41 Å². The zero-order valence-electron chi connectivity index (χ0n) is 39.0. The van der Waals surface area contributed by atoms with Gasteiger partial charge in [-0.15, -0.1) is 0 Å². The lowest BCUT2D eigenvalue weighted by molar-refractivity contribution is 0.714. The van der Waals surface area contributed by atoms with Crippen molar-refractivity contribution in [3.05, 3.63) is 259 Å². The van der Waals surface area contributed by atoms with Gasteiger partial charge in [-0.05, 0) is 148 Å². The third kappa shape index (κ3) is 5.79. The van der Waals surface area contributed by atoms with Crippen molar-refractivity contribution in [2.45, 2.75) is 32.4 Å². The Kier molecular flexibility index (Phi) is 9.11. The van der Waals surface area contributed by atoms with Crippen LogP contribution in [0.25, 0.3) is 44.5 Å². The average molecular weight is 902 g/mol. The summed E-state index contributed by atoms with van der Waals surface area (Å²) in [5.41, 5.74) is 19.1. The highest BCUT2D eigenvalue weighted by molar-refractivity contribution is 7.22. The first-order chi connectivity index (χ1) is 33.3. The van der Waals surface area contributed by atoms with Gasteiger partial charge in [-0.2, -0.15) is 0 Å². The molecule has 0 bridgehead atoms. The van der Waals surface area contributed by atoms with E-state index in [1.54, 1.807) is 0 Å². The molecule has 10 aromatic rings. The maximum absolute atomic E-state index is 2.93. The summed E-state index contributed by atoms with van der Waals surface area (Å²) in [6.07, 6.45) is 0. The molecular formula is C65H51NSi2. The largest absolute Gasteiger partial charge is 0.310 e. The van der Waals surface area contributed by atoms with E-state index in [-0.39, 0.29) is 5.41 Å². The van der Waals surface area contributed by atoms with Crippen molar-refractivity contribution in [1.29, 1.82) is 0 Å². The van der Waals surface area contributed by atoms with Crippen LogP contribution in [0, 0.1) is 6.92 Å². The Morgan fingerprint density at radius 3 is 1.65 bits per heavy atom. The fraction of sp³-hybridized carbons (Fsp3) is 0.0769. The van der Waals surface area contributed by atoms with Crippen molar-refractivity contribution in [3.63, 3.8) is 0 Å². The van der Waals surface area contributed by atoms with E-state index in [9.17, 15) is 0 Å². The minimum Gasteiger partial charge on any atom is -0.310 e. The van der Waals surface area contributed by atoms with Crippen LogP contribution in [0.5, 0.6) is 0 Å². The third-order valence-corrected chi connectivity index (χ3v) is 24.2. The van der Waals surface area contributed by atoms with Gasteiger partial charge >= 0.3 is 0 Å². The summed E-state index contributed by atoms with van der Waals surface area (Å²) >= 11 is 0. The fourth-order valence-electron chi connectivity index (χ4n) is 12.7. The molecule has 10 aromatic carbocycles. The lowest BCUT2D eigenvalue weighted by Gasteiger charge is -2.34. The molecule has 0 spiro atoms. The topological polar surface area (TPSA) is 3.24 Å². The second-order valence-electron chi connectivity index (χ2n) is 19.8. The first-order valence-corrected chi connectivity index (χ1v) is 29.1. The molecule has 0 saturated carbocycles. The van der Waals surface area contributed by atoms with E-state index in [0.29, 0.717) is 0 Å². The first kappa shape index (κ1) is 40.7. The summed E-state index contributed by atoms with van der Waals surface area (Å²) in [5, 5.41) is 8.72. The van der Waals surface area contributed by atoms with Crippen molar-refractivity contribution in [2.75, 3.05) is 4.90 Å². The number of fused-ring (bicyclic) bond motifs is 9. The molecule has 0 N–H and O–H groups in total. The summed E-state index contributed by atoms with van der Waals surface area (Å²) in [6, 6.07) is 90.4. The molecule has 0 saturated heterocycles. The van der Waals surface area contributed by atoms with Gasteiger partial charge in [0.15, 0.2) is 8.07 Å². The molecule has 2 heterocycles. The Hall–Kier alpha value is -7.57. The van der Waals surface area contributed by atoms with E-state index in [0.717, 1.165) is 0 Å². The highest BCUT2D eigenvalue weighted by Crippen LogP contribution is 2.54. The molecule has 2 atom stereocenters. The predicted molar refractivity (Wildman–Crippen MR) is 294 cm³/mol. The summed E-state index contributed by atoms with van der Waals surface area (Å²) in [4.78, 5) is 2.59. The van der Waals surface area contributed by atoms with Gasteiger partial charge in [-0.1, -0.05) is 213 Å². The normalized spacial score (nSPS) is 17.6. The van der Waals surface area contributed by atoms with E-state index in [4.69, 9.17) is 0 Å². The molecule has 1 nitrogen and oxygen atoms in total. The van der Waals surface area contributed by atoms with Crippen LogP contribution in [0.4, 0.5) is 17.1 Å². The summed E-state index contributed by atoms with van der Waals surface area (Å²) in [7, 11) is -4.95. The lowest BCUT2D eigenvalue weighted by atomic mass is 9.74. The van der Waals surface area contributed by atoms with Crippen molar-refractivity contribution < 1.29 is 0 Å². The first-order valence-electron chi connectivity index (χ1n) is 24.1. The quantitative estimate of drug-likeness (QED) is 0.144. The minimum atomic E-state index is -2.93. The van der Waals surface area contributed by atoms with Crippen molar-refractivity contribution in [2.24, 2.45) is 0 Å². The summed E-state index contributed by atoms with van der Waals surface area (Å²) in [5.74, 6) is 0. The zero-order chi connectivity index (χ0) is 45.8. The van der Waals surface area contributed by atoms with Gasteiger partial charge in [0.05, 0.1) is 0 Å². The van der Waals surface area contributed by atoms with Crippen molar-refractivity contribution >= 4 is 64.3 Å². The number of benzene rings is 10. The van der Waals surface area contributed by atoms with Crippen molar-refractivity contribution in [3.8, 4) is 44.5 Å². The van der Waals surface area contributed by atoms with Crippen LogP contribution >= 0.6 is 0 Å². The molecule has 0 aromatic heterocycles. The molecule has 3 heteroatoms. The SMILES string of the molecule is Cc1cc(N(c2ccc3c(c2)C(C)(c2ccccc2)c2ccccc2-3)c2ccc3c(c2)[Si](C)(C)c2ccccc2-3)cc([Si]2(c3ccccc3)c3ccccc3-c3ccc(-c4ccccc4)cc32)c1. The van der Waals surface area contributed by atoms with Gasteiger partial charge in [0.25, 0.3) is 0 Å². The molecule has 68 heavy (non-hydrogen) atoms. The molecule has 1 aliphatic carbocycles. The summed E-state index contributed by atoms with van der Waals surface area (Å²) < 4.78 is 0. The highest BCUT2D eigenvalue weighted by atomic mass is 28.3. The van der Waals surface area contributed by atoms with Gasteiger partial charge in [0.2, 0.25) is 0 Å². The van der Waals surface area contributed by atoms with Crippen LogP contribution in [0.2, 0.25) is 13.1 Å². The predicted octanol–water partition coefficient (Wildman–Crippen LogP) is 12.6. The second-order valence-corrected chi connectivity index (χ2v) is 27.9. The number of aryl methyl sites for hydroxylation is 1. The van der Waals surface area contributed by atoms with E-state index >= 15 is 0 Å². The van der Waals surface area contributed by atoms with Crippen LogP contribution in [-0.4, -0.2) is 16.1 Å². The summed E-state index contributed by atoms with van der Waals surface area (Å²) in [6.45, 7) is 9.80. The zero-order valence-corrected chi connectivity index (χ0v) is 41.0. The van der Waals surface area contributed by atoms with E-state index < -0.39 is 16.1 Å². The molecule has 0 amide bonds. The minimum absolute atomic E-state index is 0.334. The van der Waals surface area contributed by atoms with Gasteiger partial charge in [-0.25, -0.2) is 0 Å². The standard InChI is InChI=1S/C65H51NSi2/c1-44-38-50(41-52(39-44)68(51-24-12-7-13-25-51)62-31-19-16-28-56(62)58-35-32-46(40-64(58)68)45-20-8-5-9-21-45)66(49-34-37-57-55-27-15-18-30-61(55)67(3,4)63(57)43-49)48-33-36-54-53-26-14-17-29-59(53)65(2,60(54)42-48)47-22-10-6-11-23-47/h5-43H,1-4H3. The third-order valence-electron chi connectivity index (χ3n) is 15.8. The average Bonchev–Trinajstić information content (AvgIpc) is 3.92. The van der Waals surface area contributed by atoms with Gasteiger partial charge in [0, 0.05) is 22.5 Å². The lowest BCUT2D eigenvalue weighted by Crippen LogP contribution is -2.73. The van der Waals surface area contributed by atoms with Gasteiger partial charge in [-0.3, -0.25) is 0 Å². The Morgan fingerprint density at radius 2 is 0.897 bits per heavy atom. The molecular weight excluding hydrogens is 851 g/mol. The maximum atomic E-state index is 2.59. The Morgan fingerprint density at radius 1 is 0.353 bits per heavy atom. The number of nitrogens with zero attached hydrogens (tertiary/aromatic N) is 1. The molecule has 2 unspecified atom stereocenters. The van der Waals surface area contributed by atoms with Crippen molar-refractivity contribution in [1.82, 2.24) is 0 Å². The van der Waals surface area contributed by atoms with E-state index in [1.165, 1.54) is 115 Å². The van der Waals surface area contributed by atoms with Gasteiger partial charge < -0.3 is 4.90 Å². The van der Waals surface area contributed by atoms with Crippen LogP contribution in [0.15, 0.2) is 237 Å².